The first kappa shape index (κ1) is 23.3. The van der Waals surface area contributed by atoms with Gasteiger partial charge in [-0.3, -0.25) is 0 Å². The van der Waals surface area contributed by atoms with E-state index in [4.69, 9.17) is 7.85 Å². The topological polar surface area (TPSA) is 0 Å². The van der Waals surface area contributed by atoms with Gasteiger partial charge in [0.1, 0.15) is 7.85 Å². The molecular weight excluding hydrogens is 619 g/mol. The van der Waals surface area contributed by atoms with Gasteiger partial charge in [-0.25, -0.2) is 35.1 Å². The van der Waals surface area contributed by atoms with E-state index in [1.54, 1.807) is 0 Å². The van der Waals surface area contributed by atoms with Crippen LogP contribution < -0.4 is 5.46 Å². The summed E-state index contributed by atoms with van der Waals surface area (Å²) in [5.74, 6) is -15.2. The van der Waals surface area contributed by atoms with Gasteiger partial charge in [-0.15, -0.1) is 0 Å². The van der Waals surface area contributed by atoms with E-state index >= 15 is 0 Å². The van der Waals surface area contributed by atoms with Crippen LogP contribution in [0.5, 0.6) is 0 Å². The van der Waals surface area contributed by atoms with Crippen LogP contribution in [-0.2, 0) is 0 Å². The molecule has 0 amide bonds. The number of benzene rings is 3. The van der Waals surface area contributed by atoms with Crippen molar-refractivity contribution in [1.29, 1.82) is 0 Å². The number of hydrogen-bond donors (Lipinski definition) is 0. The van der Waals surface area contributed by atoms with Crippen molar-refractivity contribution in [3.8, 4) is 22.3 Å². The van der Waals surface area contributed by atoms with Crippen molar-refractivity contribution in [3.63, 3.8) is 0 Å². The van der Waals surface area contributed by atoms with Crippen molar-refractivity contribution in [2.24, 2.45) is 0 Å². The Balaban J connectivity index is 2.34. The second-order valence-corrected chi connectivity index (χ2v) is 8.25. The van der Waals surface area contributed by atoms with Gasteiger partial charge in [0.15, 0.2) is 46.5 Å². The molecule has 0 aliphatic rings. The molecule has 30 heavy (non-hydrogen) atoms. The first-order valence-electron chi connectivity index (χ1n) is 7.52. The fourth-order valence-electron chi connectivity index (χ4n) is 2.68. The normalized spacial score (nSPS) is 11.3. The Morgan fingerprint density at radius 1 is 0.500 bits per heavy atom. The molecule has 0 atom stereocenters. The minimum Gasteiger partial charge on any atom is -0.203 e. The van der Waals surface area contributed by atoms with E-state index in [0.29, 0.717) is 0 Å². The molecule has 3 rings (SSSR count). The van der Waals surface area contributed by atoms with E-state index in [1.807, 2.05) is 0 Å². The summed E-state index contributed by atoms with van der Waals surface area (Å²) < 4.78 is 109. The lowest BCUT2D eigenvalue weighted by Gasteiger charge is -2.17. The van der Waals surface area contributed by atoms with E-state index in [0.717, 1.165) is 12.1 Å². The van der Waals surface area contributed by atoms with Crippen molar-refractivity contribution in [2.75, 3.05) is 0 Å². The first-order valence-corrected chi connectivity index (χ1v) is 9.90. The summed E-state index contributed by atoms with van der Waals surface area (Å²) in [5.41, 5.74) is -2.61. The summed E-state index contributed by atoms with van der Waals surface area (Å²) in [4.78, 5) is 0. The molecule has 0 aliphatic heterocycles. The highest BCUT2D eigenvalue weighted by Gasteiger charge is 2.29. The molecule has 3 aromatic carbocycles. The van der Waals surface area contributed by atoms with Crippen LogP contribution in [0.15, 0.2) is 25.6 Å². The quantitative estimate of drug-likeness (QED) is 0.123. The highest BCUT2D eigenvalue weighted by Crippen LogP contribution is 2.42. The van der Waals surface area contributed by atoms with Crippen LogP contribution in [0.1, 0.15) is 0 Å². The van der Waals surface area contributed by atoms with Gasteiger partial charge < -0.3 is 0 Å². The van der Waals surface area contributed by atoms with Crippen molar-refractivity contribution in [3.05, 3.63) is 72.1 Å². The first-order chi connectivity index (χ1) is 13.9. The largest absolute Gasteiger partial charge is 0.203 e. The predicted molar refractivity (Wildman–Crippen MR) is 105 cm³/mol. The molecule has 3 aromatic rings. The lowest BCUT2D eigenvalue weighted by Crippen LogP contribution is -2.12. The van der Waals surface area contributed by atoms with Crippen LogP contribution in [0.4, 0.5) is 35.1 Å². The molecule has 0 heterocycles. The number of hydrogen-bond acceptors (Lipinski definition) is 0. The van der Waals surface area contributed by atoms with E-state index < -0.39 is 72.1 Å². The lowest BCUT2D eigenvalue weighted by molar-refractivity contribution is 0.408. The molecule has 0 aromatic heterocycles. The Morgan fingerprint density at radius 3 is 1.30 bits per heavy atom. The van der Waals surface area contributed by atoms with Crippen molar-refractivity contribution < 1.29 is 35.1 Å². The summed E-state index contributed by atoms with van der Waals surface area (Å²) in [6.07, 6.45) is 0. The molecule has 0 aliphatic carbocycles. The zero-order valence-electron chi connectivity index (χ0n) is 13.9. The smallest absolute Gasteiger partial charge is 0.198 e. The van der Waals surface area contributed by atoms with Gasteiger partial charge in [-0.1, -0.05) is 27.5 Å². The third kappa shape index (κ3) is 3.50. The van der Waals surface area contributed by atoms with Crippen LogP contribution in [0.3, 0.4) is 0 Å². The summed E-state index contributed by atoms with van der Waals surface area (Å²) in [6, 6.07) is 1.88. The maximum Gasteiger partial charge on any atom is 0.198 e. The zero-order valence-corrected chi connectivity index (χ0v) is 18.6. The van der Waals surface area contributed by atoms with E-state index in [9.17, 15) is 35.1 Å². The molecule has 0 nitrogen and oxygen atoms in total. The third-order valence-corrected chi connectivity index (χ3v) is 6.24. The van der Waals surface area contributed by atoms with Crippen molar-refractivity contribution >= 4 is 61.1 Å². The second-order valence-electron chi connectivity index (χ2n) is 5.81. The molecular formula is C18H2BBr3F8. The van der Waals surface area contributed by atoms with Gasteiger partial charge in [0.2, 0.25) is 0 Å². The van der Waals surface area contributed by atoms with Crippen LogP contribution >= 0.6 is 47.8 Å². The standard InChI is InChI=1S/C18H2BBr3F8/c19-5-1-4(8-10(22)14(26)18(30)16(28)12(8)24)6(20)2-3(5)7-9(21)13(25)17(29)15(27)11(7)23/h1-2H. The van der Waals surface area contributed by atoms with Gasteiger partial charge >= 0.3 is 0 Å². The van der Waals surface area contributed by atoms with Gasteiger partial charge in [-0.05, 0) is 49.1 Å². The molecule has 0 saturated carbocycles. The van der Waals surface area contributed by atoms with Gasteiger partial charge in [-0.2, -0.15) is 0 Å². The summed E-state index contributed by atoms with van der Waals surface area (Å²) in [6.45, 7) is 0. The van der Waals surface area contributed by atoms with Gasteiger partial charge in [0, 0.05) is 15.6 Å². The van der Waals surface area contributed by atoms with E-state index in [2.05, 4.69) is 47.8 Å². The van der Waals surface area contributed by atoms with Crippen LogP contribution in [0.25, 0.3) is 22.3 Å². The predicted octanol–water partition coefficient (Wildman–Crippen LogP) is 7.21. The minimum absolute atomic E-state index is 0.159. The molecule has 0 spiro atoms. The maximum absolute atomic E-state index is 14.3. The molecule has 0 N–H and O–H groups in total. The second kappa shape index (κ2) is 8.27. The number of halogens is 11. The Bertz CT molecular complexity index is 1080. The molecule has 0 unspecified atom stereocenters. The Morgan fingerprint density at radius 2 is 0.867 bits per heavy atom. The minimum atomic E-state index is -2.10. The Hall–Kier alpha value is -1.40. The maximum atomic E-state index is 14.3. The van der Waals surface area contributed by atoms with E-state index in [1.165, 1.54) is 0 Å². The number of rotatable bonds is 2. The van der Waals surface area contributed by atoms with Crippen molar-refractivity contribution in [1.82, 2.24) is 0 Å². The average Bonchev–Trinajstić information content (AvgIpc) is 2.71. The monoisotopic (exact) mass is 618 g/mol. The van der Waals surface area contributed by atoms with Crippen LogP contribution in [-0.4, -0.2) is 7.85 Å². The summed E-state index contributed by atoms with van der Waals surface area (Å²) in [7, 11) is 5.80. The molecule has 0 saturated heterocycles. The summed E-state index contributed by atoms with van der Waals surface area (Å²) >= 11 is 8.23. The Kier molecular flexibility index (Phi) is 6.42. The Labute approximate surface area is 190 Å². The van der Waals surface area contributed by atoms with E-state index in [-0.39, 0.29) is 15.6 Å². The zero-order chi connectivity index (χ0) is 22.7. The highest BCUT2D eigenvalue weighted by molar-refractivity contribution is 9.11. The molecule has 12 heteroatoms. The van der Waals surface area contributed by atoms with Crippen LogP contribution in [0.2, 0.25) is 0 Å². The van der Waals surface area contributed by atoms with Crippen molar-refractivity contribution in [2.45, 2.75) is 0 Å². The molecule has 0 bridgehead atoms. The SMILES string of the molecule is [B]c1cc(-c2c(F)c(F)c(F)c(F)c2Br)c(Br)cc1-c1c(F)c(F)c(F)c(F)c1Br. The summed E-state index contributed by atoms with van der Waals surface area (Å²) in [5, 5.41) is 0. The van der Waals surface area contributed by atoms with Crippen LogP contribution in [0, 0.1) is 46.5 Å². The van der Waals surface area contributed by atoms with Gasteiger partial charge in [0.25, 0.3) is 0 Å². The molecule has 2 radical (unpaired) electrons. The van der Waals surface area contributed by atoms with Gasteiger partial charge in [0.05, 0.1) is 8.95 Å². The highest BCUT2D eigenvalue weighted by atomic mass is 79.9. The fraction of sp³-hybridized carbons (Fsp3) is 0. The molecule has 0 fully saturated rings. The fourth-order valence-corrected chi connectivity index (χ4v) is 4.35. The lowest BCUT2D eigenvalue weighted by atomic mass is 9.84. The average molecular weight is 621 g/mol. The third-order valence-electron chi connectivity index (χ3n) is 4.10. The molecule has 154 valence electrons.